The third kappa shape index (κ3) is 19.1. The molecule has 13 heteroatoms. The molecule has 0 aliphatic heterocycles. The fourth-order valence-electron chi connectivity index (χ4n) is 2.78. The van der Waals surface area contributed by atoms with Crippen LogP contribution in [0.3, 0.4) is 0 Å². The first-order chi connectivity index (χ1) is 19.7. The van der Waals surface area contributed by atoms with E-state index < -0.39 is 42.0 Å². The van der Waals surface area contributed by atoms with E-state index in [1.807, 2.05) is 60.7 Å². The van der Waals surface area contributed by atoms with Gasteiger partial charge in [0.05, 0.1) is 0 Å². The van der Waals surface area contributed by atoms with Gasteiger partial charge in [0.25, 0.3) is 0 Å². The number of anilines is 1. The largest absolute Gasteiger partial charge is 0.508 e. The van der Waals surface area contributed by atoms with Gasteiger partial charge in [-0.2, -0.15) is 0 Å². The van der Waals surface area contributed by atoms with Crippen molar-refractivity contribution in [3.8, 4) is 5.75 Å². The highest BCUT2D eigenvalue weighted by molar-refractivity contribution is 5.75. The molecule has 228 valence electrons. The average Bonchev–Trinajstić information content (AvgIpc) is 2.94. The number of nitrogen functional groups attached to an aromatic ring is 1. The molecular weight excluding hydrogens is 548 g/mol. The predicted octanol–water partition coefficient (Wildman–Crippen LogP) is 1.52. The number of nitrogens with two attached hydrogens (primary N) is 4. The number of carboxylic acids is 4. The summed E-state index contributed by atoms with van der Waals surface area (Å²) in [6.07, 6.45) is 0.434. The lowest BCUT2D eigenvalue weighted by Crippen LogP contribution is -2.32. The highest BCUT2D eigenvalue weighted by Crippen LogP contribution is 2.10. The lowest BCUT2D eigenvalue weighted by Gasteiger charge is -2.05. The molecule has 0 aliphatic carbocycles. The number of aliphatic carboxylic acids is 4. The molecule has 0 radical (unpaired) electrons. The molecule has 3 unspecified atom stereocenters. The molecule has 0 saturated carbocycles. The van der Waals surface area contributed by atoms with Crippen molar-refractivity contribution >= 4 is 29.6 Å². The van der Waals surface area contributed by atoms with Crippen LogP contribution in [0.4, 0.5) is 5.69 Å². The van der Waals surface area contributed by atoms with Crippen LogP contribution in [-0.2, 0) is 32.0 Å². The van der Waals surface area contributed by atoms with Crippen molar-refractivity contribution < 1.29 is 44.7 Å². The van der Waals surface area contributed by atoms with Crippen LogP contribution in [0.1, 0.15) is 24.0 Å². The minimum atomic E-state index is -1.17. The summed E-state index contributed by atoms with van der Waals surface area (Å²) >= 11 is 0. The standard InChI is InChI=1S/C9H11NO3.C9H11NO2.C6H7N.C5H9NO4/c10-8(9(12)13)5-6-1-3-7(11)4-2-6;10-8(9(11)12)6-7-4-2-1-3-5-7;7-6-4-2-1-3-5-6;6-3(5(9)10)1-2-4(7)8/h1-4,8,11H,5,10H2,(H,12,13);1-5,8H,6,10H2,(H,11,12);1-5H,7H2;3H,1-2,6H2,(H,7,8)(H,9,10). The van der Waals surface area contributed by atoms with Gasteiger partial charge < -0.3 is 48.5 Å². The number of aromatic hydroxyl groups is 1. The molecule has 0 heterocycles. The summed E-state index contributed by atoms with van der Waals surface area (Å²) in [5.41, 5.74) is 23.6. The Hall–Kier alpha value is -4.98. The minimum absolute atomic E-state index is 0.0231. The number of phenolic OH excluding ortho intramolecular Hbond substituents is 1. The van der Waals surface area contributed by atoms with Crippen LogP contribution in [0.15, 0.2) is 84.9 Å². The number of benzene rings is 3. The summed E-state index contributed by atoms with van der Waals surface area (Å²) in [5, 5.41) is 42.3. The smallest absolute Gasteiger partial charge is 0.320 e. The van der Waals surface area contributed by atoms with E-state index in [1.54, 1.807) is 12.1 Å². The molecule has 0 aromatic heterocycles. The van der Waals surface area contributed by atoms with Gasteiger partial charge in [-0.3, -0.25) is 19.2 Å². The normalized spacial score (nSPS) is 11.8. The number of phenols is 1. The zero-order chi connectivity index (χ0) is 32.1. The van der Waals surface area contributed by atoms with Gasteiger partial charge in [0.1, 0.15) is 23.9 Å². The van der Waals surface area contributed by atoms with Crippen molar-refractivity contribution in [3.05, 3.63) is 96.1 Å². The molecule has 13 N–H and O–H groups in total. The van der Waals surface area contributed by atoms with E-state index in [0.29, 0.717) is 6.42 Å². The van der Waals surface area contributed by atoms with Crippen LogP contribution in [-0.4, -0.2) is 67.5 Å². The van der Waals surface area contributed by atoms with Gasteiger partial charge in [-0.15, -0.1) is 0 Å². The first-order valence-corrected chi connectivity index (χ1v) is 12.5. The topological polar surface area (TPSA) is 274 Å². The van der Waals surface area contributed by atoms with Gasteiger partial charge in [0, 0.05) is 12.1 Å². The minimum Gasteiger partial charge on any atom is -0.508 e. The SMILES string of the molecule is NC(CCC(=O)O)C(=O)O.NC(Cc1ccc(O)cc1)C(=O)O.NC(Cc1ccccc1)C(=O)O.Nc1ccccc1. The Kier molecular flexibility index (Phi) is 18.4. The van der Waals surface area contributed by atoms with Crippen LogP contribution >= 0.6 is 0 Å². The second kappa shape index (κ2) is 20.9. The maximum Gasteiger partial charge on any atom is 0.320 e. The Morgan fingerprint density at radius 2 is 0.952 bits per heavy atom. The van der Waals surface area contributed by atoms with Crippen LogP contribution in [0.25, 0.3) is 0 Å². The Labute approximate surface area is 243 Å². The van der Waals surface area contributed by atoms with Gasteiger partial charge in [-0.05, 0) is 54.7 Å². The Morgan fingerprint density at radius 3 is 1.29 bits per heavy atom. The van der Waals surface area contributed by atoms with Crippen LogP contribution in [0.2, 0.25) is 0 Å². The number of rotatable bonds is 10. The van der Waals surface area contributed by atoms with Crippen LogP contribution in [0.5, 0.6) is 5.75 Å². The van der Waals surface area contributed by atoms with E-state index in [0.717, 1.165) is 16.8 Å². The average molecular weight is 587 g/mol. The summed E-state index contributed by atoms with van der Waals surface area (Å²) < 4.78 is 0. The highest BCUT2D eigenvalue weighted by atomic mass is 16.4. The van der Waals surface area contributed by atoms with Crippen molar-refractivity contribution in [1.29, 1.82) is 0 Å². The van der Waals surface area contributed by atoms with E-state index in [4.69, 9.17) is 48.5 Å². The van der Waals surface area contributed by atoms with E-state index in [9.17, 15) is 19.2 Å². The Balaban J connectivity index is 0.000000545. The number of carboxylic acid groups (broad SMARTS) is 4. The number of para-hydroxylation sites is 1. The molecule has 3 atom stereocenters. The molecular formula is C29H38N4O9. The number of carbonyl (C=O) groups is 4. The van der Waals surface area contributed by atoms with Gasteiger partial charge in [-0.25, -0.2) is 0 Å². The van der Waals surface area contributed by atoms with Crippen molar-refractivity contribution in [2.24, 2.45) is 17.2 Å². The number of hydrogen-bond donors (Lipinski definition) is 9. The van der Waals surface area contributed by atoms with Crippen molar-refractivity contribution in [1.82, 2.24) is 0 Å². The van der Waals surface area contributed by atoms with Gasteiger partial charge in [0.15, 0.2) is 0 Å². The molecule has 0 amide bonds. The lowest BCUT2D eigenvalue weighted by molar-refractivity contribution is -0.140. The summed E-state index contributed by atoms with van der Waals surface area (Å²) in [6.45, 7) is 0. The summed E-state index contributed by atoms with van der Waals surface area (Å²) in [5.74, 6) is -4.02. The van der Waals surface area contributed by atoms with E-state index >= 15 is 0 Å². The first kappa shape index (κ1) is 37.0. The second-order valence-electron chi connectivity index (χ2n) is 8.74. The first-order valence-electron chi connectivity index (χ1n) is 12.5. The fraction of sp³-hybridized carbons (Fsp3) is 0.241. The monoisotopic (exact) mass is 586 g/mol. The number of hydrogen-bond acceptors (Lipinski definition) is 9. The van der Waals surface area contributed by atoms with E-state index in [-0.39, 0.29) is 25.0 Å². The van der Waals surface area contributed by atoms with Crippen molar-refractivity contribution in [2.45, 2.75) is 43.8 Å². The summed E-state index contributed by atoms with van der Waals surface area (Å²) in [7, 11) is 0. The summed E-state index contributed by atoms with van der Waals surface area (Å²) in [6, 6.07) is 22.4. The Morgan fingerprint density at radius 1 is 0.571 bits per heavy atom. The van der Waals surface area contributed by atoms with Crippen molar-refractivity contribution in [3.63, 3.8) is 0 Å². The van der Waals surface area contributed by atoms with E-state index in [1.165, 1.54) is 12.1 Å². The molecule has 0 saturated heterocycles. The third-order valence-corrected chi connectivity index (χ3v) is 5.11. The molecule has 0 fully saturated rings. The predicted molar refractivity (Wildman–Crippen MR) is 157 cm³/mol. The maximum atomic E-state index is 10.4. The quantitative estimate of drug-likeness (QED) is 0.153. The molecule has 3 rings (SSSR count). The fourth-order valence-corrected chi connectivity index (χ4v) is 2.78. The zero-order valence-corrected chi connectivity index (χ0v) is 22.8. The maximum absolute atomic E-state index is 10.4. The van der Waals surface area contributed by atoms with Gasteiger partial charge >= 0.3 is 23.9 Å². The molecule has 0 bridgehead atoms. The molecule has 13 nitrogen and oxygen atoms in total. The molecule has 0 aliphatic rings. The van der Waals surface area contributed by atoms with Crippen LogP contribution < -0.4 is 22.9 Å². The summed E-state index contributed by atoms with van der Waals surface area (Å²) in [4.78, 5) is 40.6. The highest BCUT2D eigenvalue weighted by Gasteiger charge is 2.13. The second-order valence-corrected chi connectivity index (χ2v) is 8.74. The lowest BCUT2D eigenvalue weighted by atomic mass is 10.1. The molecule has 42 heavy (non-hydrogen) atoms. The van der Waals surface area contributed by atoms with Crippen LogP contribution in [0, 0.1) is 0 Å². The van der Waals surface area contributed by atoms with E-state index in [2.05, 4.69) is 0 Å². The molecule has 3 aromatic rings. The zero-order valence-electron chi connectivity index (χ0n) is 22.8. The molecule has 3 aromatic carbocycles. The third-order valence-electron chi connectivity index (χ3n) is 5.11. The Bertz CT molecular complexity index is 1210. The van der Waals surface area contributed by atoms with Crippen molar-refractivity contribution in [2.75, 3.05) is 5.73 Å². The van der Waals surface area contributed by atoms with Gasteiger partial charge in [0.2, 0.25) is 0 Å². The van der Waals surface area contributed by atoms with Gasteiger partial charge in [-0.1, -0.05) is 60.7 Å². The molecule has 0 spiro atoms.